The van der Waals surface area contributed by atoms with Crippen LogP contribution < -0.4 is 22.1 Å². The van der Waals surface area contributed by atoms with Gasteiger partial charge in [0.1, 0.15) is 15.7 Å². The van der Waals surface area contributed by atoms with Gasteiger partial charge in [-0.1, -0.05) is 0 Å². The number of anilines is 3. The molecule has 2 aromatic heterocycles. The number of carbonyl (C=O) groups excluding carboxylic acids is 1. The van der Waals surface area contributed by atoms with Gasteiger partial charge in [-0.05, 0) is 37.6 Å². The zero-order chi connectivity index (χ0) is 20.2. The summed E-state index contributed by atoms with van der Waals surface area (Å²) in [6.45, 7) is 4.03. The summed E-state index contributed by atoms with van der Waals surface area (Å²) in [6, 6.07) is 4.84. The highest BCUT2D eigenvalue weighted by atomic mass is 32.2. The van der Waals surface area contributed by atoms with Crippen LogP contribution in [0.5, 0.6) is 0 Å². The van der Waals surface area contributed by atoms with Crippen LogP contribution in [-0.2, 0) is 9.84 Å². The molecule has 27 heavy (non-hydrogen) atoms. The number of hydrogen-bond acceptors (Lipinski definition) is 8. The van der Waals surface area contributed by atoms with E-state index in [2.05, 4.69) is 20.6 Å². The molecule has 1 unspecified atom stereocenters. The minimum atomic E-state index is -3.17. The minimum absolute atomic E-state index is 0.0712. The van der Waals surface area contributed by atoms with Crippen LogP contribution >= 0.6 is 0 Å². The van der Waals surface area contributed by atoms with Gasteiger partial charge in [0.15, 0.2) is 5.69 Å². The molecular weight excluding hydrogens is 368 g/mol. The summed E-state index contributed by atoms with van der Waals surface area (Å²) in [5, 5.41) is 6.08. The quantitative estimate of drug-likeness (QED) is 0.512. The summed E-state index contributed by atoms with van der Waals surface area (Å²) in [5.74, 6) is -0.255. The molecule has 0 fully saturated rings. The Labute approximate surface area is 158 Å². The van der Waals surface area contributed by atoms with Gasteiger partial charge in [-0.15, -0.1) is 0 Å². The second kappa shape index (κ2) is 8.31. The van der Waals surface area contributed by atoms with Gasteiger partial charge < -0.3 is 22.1 Å². The molecule has 1 amide bonds. The van der Waals surface area contributed by atoms with E-state index in [1.165, 1.54) is 6.20 Å². The van der Waals surface area contributed by atoms with Gasteiger partial charge in [0, 0.05) is 24.5 Å². The normalized spacial score (nSPS) is 12.4. The molecule has 9 nitrogen and oxygen atoms in total. The van der Waals surface area contributed by atoms with E-state index in [1.807, 2.05) is 26.0 Å². The van der Waals surface area contributed by atoms with Crippen molar-refractivity contribution in [2.75, 3.05) is 29.2 Å². The zero-order valence-electron chi connectivity index (χ0n) is 15.5. The van der Waals surface area contributed by atoms with Crippen molar-refractivity contribution < 1.29 is 13.2 Å². The maximum absolute atomic E-state index is 11.7. The van der Waals surface area contributed by atoms with Crippen molar-refractivity contribution in [3.63, 3.8) is 0 Å². The Morgan fingerprint density at radius 1 is 1.26 bits per heavy atom. The lowest BCUT2D eigenvalue weighted by Crippen LogP contribution is -2.35. The Balaban J connectivity index is 2.22. The van der Waals surface area contributed by atoms with Crippen molar-refractivity contribution in [3.8, 4) is 0 Å². The number of pyridine rings is 2. The molecule has 0 aromatic carbocycles. The van der Waals surface area contributed by atoms with Crippen LogP contribution in [0.3, 0.4) is 0 Å². The van der Waals surface area contributed by atoms with Crippen LogP contribution in [-0.4, -0.2) is 48.9 Å². The number of carbonyl (C=O) groups is 1. The van der Waals surface area contributed by atoms with E-state index in [1.54, 1.807) is 6.07 Å². The van der Waals surface area contributed by atoms with E-state index in [4.69, 9.17) is 11.5 Å². The van der Waals surface area contributed by atoms with Crippen molar-refractivity contribution in [2.24, 2.45) is 11.5 Å². The van der Waals surface area contributed by atoms with E-state index in [-0.39, 0.29) is 18.0 Å². The monoisotopic (exact) mass is 392 g/mol. The molecule has 0 saturated heterocycles. The van der Waals surface area contributed by atoms with Gasteiger partial charge in [0.2, 0.25) is 0 Å². The number of rotatable bonds is 8. The maximum Gasteiger partial charge on any atom is 0.269 e. The Kier molecular flexibility index (Phi) is 6.34. The number of primary amides is 1. The van der Waals surface area contributed by atoms with E-state index in [0.717, 1.165) is 17.5 Å². The summed E-state index contributed by atoms with van der Waals surface area (Å²) in [4.78, 5) is 20.1. The zero-order valence-corrected chi connectivity index (χ0v) is 16.3. The highest BCUT2D eigenvalue weighted by Crippen LogP contribution is 2.23. The van der Waals surface area contributed by atoms with Crippen LogP contribution in [0.2, 0.25) is 0 Å². The number of sulfone groups is 1. The standard InChI is InChI=1S/C17H24N6O3S/c1-10-4-11(2)22-15(5-10)23-14-6-13(8-21-16(14)17(19)24)20-7-12(18)9-27(3,25)26/h4-6,8,12,20H,7,9,18H2,1-3H3,(H2,19,24)(H,22,23). The van der Waals surface area contributed by atoms with Crippen LogP contribution in [0.4, 0.5) is 17.2 Å². The molecule has 0 aliphatic carbocycles. The molecular formula is C17H24N6O3S. The van der Waals surface area contributed by atoms with Gasteiger partial charge in [0.25, 0.3) is 5.91 Å². The number of hydrogen-bond donors (Lipinski definition) is 4. The molecule has 2 aromatic rings. The first-order valence-electron chi connectivity index (χ1n) is 8.23. The third-order valence-corrected chi connectivity index (χ3v) is 4.60. The number of amides is 1. The van der Waals surface area contributed by atoms with Crippen molar-refractivity contribution >= 4 is 32.9 Å². The number of aryl methyl sites for hydroxylation is 2. The van der Waals surface area contributed by atoms with Crippen molar-refractivity contribution in [2.45, 2.75) is 19.9 Å². The topological polar surface area (TPSA) is 153 Å². The molecule has 0 radical (unpaired) electrons. The van der Waals surface area contributed by atoms with Gasteiger partial charge in [-0.3, -0.25) is 4.79 Å². The third-order valence-electron chi connectivity index (χ3n) is 3.57. The number of aromatic nitrogens is 2. The van der Waals surface area contributed by atoms with Crippen LogP contribution in [0.1, 0.15) is 21.7 Å². The van der Waals surface area contributed by atoms with Crippen LogP contribution in [0.25, 0.3) is 0 Å². The molecule has 0 aliphatic rings. The maximum atomic E-state index is 11.7. The van der Waals surface area contributed by atoms with E-state index in [9.17, 15) is 13.2 Å². The Bertz CT molecular complexity index is 925. The average Bonchev–Trinajstić information content (AvgIpc) is 2.50. The van der Waals surface area contributed by atoms with E-state index in [0.29, 0.717) is 17.2 Å². The molecule has 1 atom stereocenters. The van der Waals surface area contributed by atoms with Gasteiger partial charge >= 0.3 is 0 Å². The van der Waals surface area contributed by atoms with Gasteiger partial charge in [-0.2, -0.15) is 0 Å². The fraction of sp³-hybridized carbons (Fsp3) is 0.353. The SMILES string of the molecule is Cc1cc(C)nc(Nc2cc(NCC(N)CS(C)(=O)=O)cnc2C(N)=O)c1. The lowest BCUT2D eigenvalue weighted by molar-refractivity contribution is 0.0996. The lowest BCUT2D eigenvalue weighted by Gasteiger charge is -2.15. The van der Waals surface area contributed by atoms with Crippen molar-refractivity contribution in [1.29, 1.82) is 0 Å². The van der Waals surface area contributed by atoms with Crippen molar-refractivity contribution in [3.05, 3.63) is 41.3 Å². The predicted octanol–water partition coefficient (Wildman–Crippen LogP) is 0.720. The fourth-order valence-electron chi connectivity index (χ4n) is 2.59. The van der Waals surface area contributed by atoms with Crippen molar-refractivity contribution in [1.82, 2.24) is 9.97 Å². The van der Waals surface area contributed by atoms with Gasteiger partial charge in [-0.25, -0.2) is 18.4 Å². The first-order chi connectivity index (χ1) is 12.5. The minimum Gasteiger partial charge on any atom is -0.382 e. The molecule has 0 aliphatic heterocycles. The molecule has 146 valence electrons. The number of nitrogens with two attached hydrogens (primary N) is 2. The smallest absolute Gasteiger partial charge is 0.269 e. The number of nitrogens with zero attached hydrogens (tertiary/aromatic N) is 2. The second-order valence-electron chi connectivity index (χ2n) is 6.51. The molecule has 0 bridgehead atoms. The largest absolute Gasteiger partial charge is 0.382 e. The van der Waals surface area contributed by atoms with Crippen LogP contribution in [0, 0.1) is 13.8 Å². The summed E-state index contributed by atoms with van der Waals surface area (Å²) in [7, 11) is -3.17. The molecule has 0 spiro atoms. The number of nitrogens with one attached hydrogen (secondary N) is 2. The Hall–Kier alpha value is -2.72. The highest BCUT2D eigenvalue weighted by Gasteiger charge is 2.14. The molecule has 6 N–H and O–H groups in total. The summed E-state index contributed by atoms with van der Waals surface area (Å²) >= 11 is 0. The molecule has 10 heteroatoms. The first kappa shape index (κ1) is 20.6. The third kappa shape index (κ3) is 6.50. The summed E-state index contributed by atoms with van der Waals surface area (Å²) in [6.07, 6.45) is 2.57. The molecule has 2 heterocycles. The molecule has 0 saturated carbocycles. The second-order valence-corrected chi connectivity index (χ2v) is 8.70. The fourth-order valence-corrected chi connectivity index (χ4v) is 3.49. The highest BCUT2D eigenvalue weighted by molar-refractivity contribution is 7.90. The van der Waals surface area contributed by atoms with E-state index >= 15 is 0 Å². The summed E-state index contributed by atoms with van der Waals surface area (Å²) in [5.41, 5.74) is 14.1. The average molecular weight is 392 g/mol. The van der Waals surface area contributed by atoms with Crippen LogP contribution in [0.15, 0.2) is 24.4 Å². The lowest BCUT2D eigenvalue weighted by atomic mass is 10.2. The summed E-state index contributed by atoms with van der Waals surface area (Å²) < 4.78 is 22.6. The van der Waals surface area contributed by atoms with Gasteiger partial charge in [0.05, 0.1) is 23.3 Å². The Morgan fingerprint density at radius 3 is 2.56 bits per heavy atom. The first-order valence-corrected chi connectivity index (χ1v) is 10.3. The Morgan fingerprint density at radius 2 is 1.96 bits per heavy atom. The molecule has 2 rings (SSSR count). The predicted molar refractivity (Wildman–Crippen MR) is 106 cm³/mol. The van der Waals surface area contributed by atoms with E-state index < -0.39 is 21.8 Å².